The molecule has 1 N–H and O–H groups in total. The summed E-state index contributed by atoms with van der Waals surface area (Å²) in [6, 6.07) is 17.8. The second kappa shape index (κ2) is 10.3. The van der Waals surface area contributed by atoms with Gasteiger partial charge in [0.05, 0.1) is 17.7 Å². The van der Waals surface area contributed by atoms with Gasteiger partial charge in [0.25, 0.3) is 15.9 Å². The van der Waals surface area contributed by atoms with Gasteiger partial charge in [0.15, 0.2) is 0 Å². The lowest BCUT2D eigenvalue weighted by Crippen LogP contribution is -2.27. The molecular formula is C23H22Cl2N2O4S. The molecule has 168 valence electrons. The minimum atomic E-state index is -3.83. The average Bonchev–Trinajstić information content (AvgIpc) is 2.79. The molecule has 3 aromatic carbocycles. The van der Waals surface area contributed by atoms with Gasteiger partial charge in [-0.2, -0.15) is 0 Å². The monoisotopic (exact) mass is 492 g/mol. The molecule has 32 heavy (non-hydrogen) atoms. The Labute approximate surface area is 197 Å². The van der Waals surface area contributed by atoms with E-state index in [1.54, 1.807) is 36.4 Å². The summed E-state index contributed by atoms with van der Waals surface area (Å²) in [7, 11) is -0.898. The number of anilines is 1. The van der Waals surface area contributed by atoms with E-state index in [1.807, 2.05) is 6.07 Å². The van der Waals surface area contributed by atoms with E-state index in [-0.39, 0.29) is 10.8 Å². The van der Waals surface area contributed by atoms with Crippen molar-refractivity contribution in [1.82, 2.24) is 5.32 Å². The maximum absolute atomic E-state index is 13.0. The Morgan fingerprint density at radius 3 is 2.38 bits per heavy atom. The summed E-state index contributed by atoms with van der Waals surface area (Å²) >= 11 is 12.0. The zero-order chi connectivity index (χ0) is 23.3. The number of rotatable bonds is 8. The van der Waals surface area contributed by atoms with Crippen LogP contribution in [0.3, 0.4) is 0 Å². The lowest BCUT2D eigenvalue weighted by Gasteiger charge is -2.21. The zero-order valence-corrected chi connectivity index (χ0v) is 19.8. The number of nitrogens with zero attached hydrogens (tertiary/aromatic N) is 1. The number of benzene rings is 3. The highest BCUT2D eigenvalue weighted by molar-refractivity contribution is 7.92. The molecule has 0 aliphatic heterocycles. The Kier molecular flexibility index (Phi) is 7.66. The van der Waals surface area contributed by atoms with E-state index < -0.39 is 10.0 Å². The van der Waals surface area contributed by atoms with E-state index in [2.05, 4.69) is 5.32 Å². The van der Waals surface area contributed by atoms with E-state index in [9.17, 15) is 13.2 Å². The van der Waals surface area contributed by atoms with Gasteiger partial charge in [-0.05, 0) is 60.5 Å². The highest BCUT2D eigenvalue weighted by Crippen LogP contribution is 2.30. The van der Waals surface area contributed by atoms with Crippen LogP contribution in [0.1, 0.15) is 15.9 Å². The molecule has 0 bridgehead atoms. The quantitative estimate of drug-likeness (QED) is 0.489. The number of halogens is 2. The summed E-state index contributed by atoms with van der Waals surface area (Å²) in [5, 5.41) is 3.90. The van der Waals surface area contributed by atoms with Gasteiger partial charge in [-0.15, -0.1) is 0 Å². The van der Waals surface area contributed by atoms with Crippen molar-refractivity contribution >= 4 is 44.8 Å². The van der Waals surface area contributed by atoms with Crippen LogP contribution in [0.25, 0.3) is 0 Å². The third kappa shape index (κ3) is 5.35. The Balaban J connectivity index is 1.67. The summed E-state index contributed by atoms with van der Waals surface area (Å²) in [6.45, 7) is 0.372. The lowest BCUT2D eigenvalue weighted by molar-refractivity contribution is 0.0954. The Hall–Kier alpha value is -2.74. The number of methoxy groups -OCH3 is 1. The standard InChI is InChI=1S/C23H22Cl2N2O4S/c1-27(21-5-3-4-6-22(21)31-2)32(29,30)19-11-8-17(9-12-19)23(28)26-14-13-16-7-10-18(24)15-20(16)25/h3-12,15H,13-14H2,1-2H3,(H,26,28). The van der Waals surface area contributed by atoms with E-state index >= 15 is 0 Å². The van der Waals surface area contributed by atoms with Crippen molar-refractivity contribution < 1.29 is 17.9 Å². The van der Waals surface area contributed by atoms with Crippen LogP contribution in [0.2, 0.25) is 10.0 Å². The van der Waals surface area contributed by atoms with Crippen LogP contribution in [0, 0.1) is 0 Å². The largest absolute Gasteiger partial charge is 0.495 e. The first-order valence-electron chi connectivity index (χ1n) is 9.68. The van der Waals surface area contributed by atoms with Gasteiger partial charge < -0.3 is 10.1 Å². The minimum absolute atomic E-state index is 0.0652. The Morgan fingerprint density at radius 1 is 1.03 bits per heavy atom. The number of carbonyl (C=O) groups excluding carboxylic acids is 1. The molecule has 0 spiro atoms. The Morgan fingerprint density at radius 2 is 1.72 bits per heavy atom. The van der Waals surface area contributed by atoms with Crippen molar-refractivity contribution in [2.75, 3.05) is 25.0 Å². The summed E-state index contributed by atoms with van der Waals surface area (Å²) in [5.41, 5.74) is 1.64. The van der Waals surface area contributed by atoms with Gasteiger partial charge >= 0.3 is 0 Å². The predicted octanol–water partition coefficient (Wildman–Crippen LogP) is 4.80. The van der Waals surface area contributed by atoms with E-state index in [0.29, 0.717) is 40.0 Å². The summed E-state index contributed by atoms with van der Waals surface area (Å²) in [6.07, 6.45) is 0.540. The number of para-hydroxylation sites is 2. The maximum Gasteiger partial charge on any atom is 0.264 e. The molecule has 0 heterocycles. The molecule has 6 nitrogen and oxygen atoms in total. The molecule has 3 aromatic rings. The molecule has 0 saturated carbocycles. The molecule has 0 saturated heterocycles. The SMILES string of the molecule is COc1ccccc1N(C)S(=O)(=O)c1ccc(C(=O)NCCc2ccc(Cl)cc2Cl)cc1. The summed E-state index contributed by atoms with van der Waals surface area (Å²) < 4.78 is 32.4. The number of sulfonamides is 1. The first-order valence-corrected chi connectivity index (χ1v) is 11.9. The van der Waals surface area contributed by atoms with Crippen LogP contribution in [0.4, 0.5) is 5.69 Å². The molecule has 0 aliphatic carbocycles. The molecule has 0 aliphatic rings. The molecule has 1 amide bonds. The smallest absolute Gasteiger partial charge is 0.264 e. The van der Waals surface area contributed by atoms with Gasteiger partial charge in [0.2, 0.25) is 0 Å². The topological polar surface area (TPSA) is 75.7 Å². The van der Waals surface area contributed by atoms with Gasteiger partial charge in [-0.25, -0.2) is 8.42 Å². The third-order valence-corrected chi connectivity index (χ3v) is 7.27. The molecule has 0 atom stereocenters. The molecule has 3 rings (SSSR count). The number of hydrogen-bond acceptors (Lipinski definition) is 4. The molecule has 0 unspecified atom stereocenters. The fraction of sp³-hybridized carbons (Fsp3) is 0.174. The van der Waals surface area contributed by atoms with Crippen LogP contribution in [0.15, 0.2) is 71.6 Å². The average molecular weight is 493 g/mol. The molecule has 0 fully saturated rings. The second-order valence-electron chi connectivity index (χ2n) is 6.91. The van der Waals surface area contributed by atoms with Crippen molar-refractivity contribution in [3.8, 4) is 5.75 Å². The summed E-state index contributed by atoms with van der Waals surface area (Å²) in [5.74, 6) is 0.132. The van der Waals surface area contributed by atoms with Gasteiger partial charge in [-0.3, -0.25) is 9.10 Å². The fourth-order valence-electron chi connectivity index (χ4n) is 3.09. The minimum Gasteiger partial charge on any atom is -0.495 e. The van der Waals surface area contributed by atoms with E-state index in [0.717, 1.165) is 9.87 Å². The predicted molar refractivity (Wildman–Crippen MR) is 128 cm³/mol. The first-order chi connectivity index (χ1) is 15.2. The number of nitrogens with one attached hydrogen (secondary N) is 1. The molecule has 0 radical (unpaired) electrons. The maximum atomic E-state index is 13.0. The molecular weight excluding hydrogens is 471 g/mol. The first kappa shape index (κ1) is 23.9. The van der Waals surface area contributed by atoms with Gasteiger partial charge in [-0.1, -0.05) is 41.4 Å². The molecule has 0 aromatic heterocycles. The van der Waals surface area contributed by atoms with Crippen molar-refractivity contribution in [2.45, 2.75) is 11.3 Å². The van der Waals surface area contributed by atoms with Gasteiger partial charge in [0, 0.05) is 29.2 Å². The highest BCUT2D eigenvalue weighted by Gasteiger charge is 2.23. The third-order valence-electron chi connectivity index (χ3n) is 4.89. The van der Waals surface area contributed by atoms with E-state index in [4.69, 9.17) is 27.9 Å². The number of ether oxygens (including phenoxy) is 1. The normalized spacial score (nSPS) is 11.1. The van der Waals surface area contributed by atoms with Crippen LogP contribution in [-0.4, -0.2) is 35.0 Å². The zero-order valence-electron chi connectivity index (χ0n) is 17.5. The van der Waals surface area contributed by atoms with Crippen molar-refractivity contribution in [2.24, 2.45) is 0 Å². The second-order valence-corrected chi connectivity index (χ2v) is 9.72. The van der Waals surface area contributed by atoms with Crippen LogP contribution >= 0.6 is 23.2 Å². The van der Waals surface area contributed by atoms with Crippen molar-refractivity contribution in [3.63, 3.8) is 0 Å². The van der Waals surface area contributed by atoms with Crippen molar-refractivity contribution in [1.29, 1.82) is 0 Å². The number of carbonyl (C=O) groups is 1. The lowest BCUT2D eigenvalue weighted by atomic mass is 10.1. The van der Waals surface area contributed by atoms with Crippen LogP contribution < -0.4 is 14.4 Å². The van der Waals surface area contributed by atoms with Crippen LogP contribution in [0.5, 0.6) is 5.75 Å². The fourth-order valence-corrected chi connectivity index (χ4v) is 4.80. The highest BCUT2D eigenvalue weighted by atomic mass is 35.5. The van der Waals surface area contributed by atoms with Gasteiger partial charge in [0.1, 0.15) is 5.75 Å². The van der Waals surface area contributed by atoms with Crippen LogP contribution in [-0.2, 0) is 16.4 Å². The Bertz CT molecular complexity index is 1210. The molecule has 9 heteroatoms. The van der Waals surface area contributed by atoms with E-state index in [1.165, 1.54) is 38.4 Å². The number of amides is 1. The van der Waals surface area contributed by atoms with Crippen molar-refractivity contribution in [3.05, 3.63) is 87.9 Å². The summed E-state index contributed by atoms with van der Waals surface area (Å²) in [4.78, 5) is 12.5. The number of hydrogen-bond donors (Lipinski definition) is 1.